The molecule has 0 aromatic carbocycles. The number of hydrogen-bond acceptors (Lipinski definition) is 4. The lowest BCUT2D eigenvalue weighted by Gasteiger charge is -2.28. The summed E-state index contributed by atoms with van der Waals surface area (Å²) in [7, 11) is -3.18. The van der Waals surface area contributed by atoms with Gasteiger partial charge in [-0.1, -0.05) is 12.8 Å². The summed E-state index contributed by atoms with van der Waals surface area (Å²) in [6.07, 6.45) is 4.30. The van der Waals surface area contributed by atoms with Crippen molar-refractivity contribution < 1.29 is 18.3 Å². The van der Waals surface area contributed by atoms with Gasteiger partial charge in [-0.25, -0.2) is 8.42 Å². The minimum absolute atomic E-state index is 0.0149. The van der Waals surface area contributed by atoms with E-state index in [0.717, 1.165) is 25.7 Å². The number of sulfone groups is 1. The van der Waals surface area contributed by atoms with Gasteiger partial charge in [0.15, 0.2) is 9.84 Å². The molecule has 1 unspecified atom stereocenters. The number of carbonyl (C=O) groups is 1. The lowest BCUT2D eigenvalue weighted by Crippen LogP contribution is -2.56. The van der Waals surface area contributed by atoms with Crippen LogP contribution in [-0.2, 0) is 14.6 Å². The summed E-state index contributed by atoms with van der Waals surface area (Å²) in [5.74, 6) is -1.30. The average Bonchev–Trinajstić information content (AvgIpc) is 2.75. The third-order valence-electron chi connectivity index (χ3n) is 3.55. The second-order valence-electron chi connectivity index (χ2n) is 4.86. The quantitative estimate of drug-likeness (QED) is 0.742. The first kappa shape index (κ1) is 11.9. The largest absolute Gasteiger partial charge is 0.480 e. The van der Waals surface area contributed by atoms with Crippen molar-refractivity contribution in [3.05, 3.63) is 0 Å². The molecule has 92 valence electrons. The molecule has 0 aromatic rings. The van der Waals surface area contributed by atoms with Crippen LogP contribution in [0.4, 0.5) is 0 Å². The second kappa shape index (κ2) is 4.00. The van der Waals surface area contributed by atoms with Crippen molar-refractivity contribution in [1.82, 2.24) is 5.32 Å². The Bertz CT molecular complexity index is 386. The van der Waals surface area contributed by atoms with Gasteiger partial charge in [0, 0.05) is 6.04 Å². The third-order valence-corrected chi connectivity index (χ3v) is 5.31. The van der Waals surface area contributed by atoms with E-state index in [9.17, 15) is 18.3 Å². The zero-order valence-electron chi connectivity index (χ0n) is 9.11. The minimum Gasteiger partial charge on any atom is -0.480 e. The number of carboxylic acids is 1. The predicted octanol–water partition coefficient (Wildman–Crippen LogP) is 0.160. The molecule has 5 nitrogen and oxygen atoms in total. The molecule has 1 aliphatic heterocycles. The summed E-state index contributed by atoms with van der Waals surface area (Å²) in [6.45, 7) is 0. The van der Waals surface area contributed by atoms with Gasteiger partial charge in [0.2, 0.25) is 0 Å². The van der Waals surface area contributed by atoms with Gasteiger partial charge >= 0.3 is 5.97 Å². The Morgan fingerprint density at radius 2 is 1.94 bits per heavy atom. The first-order chi connectivity index (χ1) is 7.44. The summed E-state index contributed by atoms with van der Waals surface area (Å²) in [5.41, 5.74) is -1.23. The molecule has 16 heavy (non-hydrogen) atoms. The van der Waals surface area contributed by atoms with Crippen LogP contribution in [-0.4, -0.2) is 42.6 Å². The molecule has 1 saturated heterocycles. The van der Waals surface area contributed by atoms with Gasteiger partial charge in [-0.3, -0.25) is 10.1 Å². The van der Waals surface area contributed by atoms with Gasteiger partial charge in [0.25, 0.3) is 0 Å². The summed E-state index contributed by atoms with van der Waals surface area (Å²) >= 11 is 0. The van der Waals surface area contributed by atoms with Gasteiger partial charge < -0.3 is 5.11 Å². The molecule has 2 N–H and O–H groups in total. The van der Waals surface area contributed by atoms with Crippen LogP contribution in [0.25, 0.3) is 0 Å². The molecule has 0 bridgehead atoms. The third kappa shape index (κ3) is 2.22. The first-order valence-electron chi connectivity index (χ1n) is 5.65. The van der Waals surface area contributed by atoms with Crippen molar-refractivity contribution in [3.8, 4) is 0 Å². The monoisotopic (exact) mass is 247 g/mol. The summed E-state index contributed by atoms with van der Waals surface area (Å²) < 4.78 is 22.8. The molecular weight excluding hydrogens is 230 g/mol. The smallest absolute Gasteiger partial charge is 0.325 e. The molecule has 2 aliphatic rings. The van der Waals surface area contributed by atoms with E-state index in [1.165, 1.54) is 0 Å². The maximum absolute atomic E-state index is 11.4. The highest BCUT2D eigenvalue weighted by atomic mass is 32.2. The summed E-state index contributed by atoms with van der Waals surface area (Å²) in [6, 6.07) is 0.171. The zero-order chi connectivity index (χ0) is 11.8. The molecule has 2 rings (SSSR count). The number of carboxylic acid groups (broad SMARTS) is 1. The van der Waals surface area contributed by atoms with Gasteiger partial charge in [-0.05, 0) is 19.3 Å². The van der Waals surface area contributed by atoms with Crippen molar-refractivity contribution >= 4 is 15.8 Å². The molecule has 0 spiro atoms. The van der Waals surface area contributed by atoms with Gasteiger partial charge in [0.1, 0.15) is 5.54 Å². The van der Waals surface area contributed by atoms with E-state index in [1.54, 1.807) is 0 Å². The van der Waals surface area contributed by atoms with E-state index in [-0.39, 0.29) is 24.0 Å². The van der Waals surface area contributed by atoms with Crippen molar-refractivity contribution in [2.24, 2.45) is 0 Å². The molecule has 0 radical (unpaired) electrons. The van der Waals surface area contributed by atoms with Gasteiger partial charge in [-0.15, -0.1) is 0 Å². The highest BCUT2D eigenvalue weighted by Crippen LogP contribution is 2.28. The highest BCUT2D eigenvalue weighted by molar-refractivity contribution is 7.91. The van der Waals surface area contributed by atoms with Gasteiger partial charge in [-0.2, -0.15) is 0 Å². The summed E-state index contributed by atoms with van der Waals surface area (Å²) in [5, 5.41) is 12.3. The lowest BCUT2D eigenvalue weighted by atomic mass is 9.97. The molecule has 0 amide bonds. The predicted molar refractivity (Wildman–Crippen MR) is 59.0 cm³/mol. The first-order valence-corrected chi connectivity index (χ1v) is 7.47. The second-order valence-corrected chi connectivity index (χ2v) is 7.04. The van der Waals surface area contributed by atoms with Crippen LogP contribution in [0, 0.1) is 0 Å². The Morgan fingerprint density at radius 3 is 2.38 bits per heavy atom. The highest BCUT2D eigenvalue weighted by Gasteiger charge is 2.49. The van der Waals surface area contributed by atoms with Crippen LogP contribution in [0.3, 0.4) is 0 Å². The molecule has 1 saturated carbocycles. The standard InChI is InChI=1S/C10H17NO4S/c12-9(13)10(5-6-16(14,15)7-10)11-8-3-1-2-4-8/h8,11H,1-7H2,(H,12,13). The molecule has 0 aromatic heterocycles. The zero-order valence-corrected chi connectivity index (χ0v) is 9.92. The van der Waals surface area contributed by atoms with Crippen LogP contribution in [0.5, 0.6) is 0 Å². The van der Waals surface area contributed by atoms with Crippen LogP contribution in [0.15, 0.2) is 0 Å². The van der Waals surface area contributed by atoms with Crippen molar-refractivity contribution in [3.63, 3.8) is 0 Å². The van der Waals surface area contributed by atoms with Crippen LogP contribution < -0.4 is 5.32 Å². The SMILES string of the molecule is O=C(O)C1(NC2CCCC2)CCS(=O)(=O)C1. The fourth-order valence-electron chi connectivity index (χ4n) is 2.65. The molecular formula is C10H17NO4S. The van der Waals surface area contributed by atoms with Crippen LogP contribution in [0.1, 0.15) is 32.1 Å². The average molecular weight is 247 g/mol. The molecule has 1 heterocycles. The van der Waals surface area contributed by atoms with Crippen LogP contribution >= 0.6 is 0 Å². The van der Waals surface area contributed by atoms with Crippen molar-refractivity contribution in [2.45, 2.75) is 43.7 Å². The molecule has 2 fully saturated rings. The molecule has 1 atom stereocenters. The van der Waals surface area contributed by atoms with E-state index in [0.29, 0.717) is 0 Å². The fraction of sp³-hybridized carbons (Fsp3) is 0.900. The fourth-order valence-corrected chi connectivity index (χ4v) is 4.56. The van der Waals surface area contributed by atoms with E-state index in [4.69, 9.17) is 0 Å². The minimum atomic E-state index is -3.18. The Kier molecular flexibility index (Phi) is 2.96. The molecule has 6 heteroatoms. The Hall–Kier alpha value is -0.620. The summed E-state index contributed by atoms with van der Waals surface area (Å²) in [4.78, 5) is 11.3. The Morgan fingerprint density at radius 1 is 1.31 bits per heavy atom. The molecule has 1 aliphatic carbocycles. The lowest BCUT2D eigenvalue weighted by molar-refractivity contribution is -0.144. The van der Waals surface area contributed by atoms with E-state index in [2.05, 4.69) is 5.32 Å². The Labute approximate surface area is 95.1 Å². The number of aliphatic carboxylic acids is 1. The maximum atomic E-state index is 11.4. The van der Waals surface area contributed by atoms with Crippen molar-refractivity contribution in [2.75, 3.05) is 11.5 Å². The van der Waals surface area contributed by atoms with E-state index < -0.39 is 21.3 Å². The van der Waals surface area contributed by atoms with Crippen molar-refractivity contribution in [1.29, 1.82) is 0 Å². The van der Waals surface area contributed by atoms with Crippen LogP contribution in [0.2, 0.25) is 0 Å². The van der Waals surface area contributed by atoms with Gasteiger partial charge in [0.05, 0.1) is 11.5 Å². The normalized spacial score (nSPS) is 34.2. The maximum Gasteiger partial charge on any atom is 0.325 e. The Balaban J connectivity index is 2.14. The number of hydrogen-bond donors (Lipinski definition) is 2. The van der Waals surface area contributed by atoms with E-state index >= 15 is 0 Å². The van der Waals surface area contributed by atoms with E-state index in [1.807, 2.05) is 0 Å². The number of rotatable bonds is 3. The topological polar surface area (TPSA) is 83.5 Å². The number of nitrogens with one attached hydrogen (secondary N) is 1.